The highest BCUT2D eigenvalue weighted by Crippen LogP contribution is 2.09. The molecular weight excluding hydrogens is 200 g/mol. The van der Waals surface area contributed by atoms with Gasteiger partial charge >= 0.3 is 5.97 Å². The molecule has 0 amide bonds. The van der Waals surface area contributed by atoms with Crippen LogP contribution in [0, 0.1) is 0 Å². The van der Waals surface area contributed by atoms with Crippen LogP contribution >= 0.6 is 0 Å². The summed E-state index contributed by atoms with van der Waals surface area (Å²) in [6.45, 7) is 1.36. The number of aliphatic carboxylic acids is 1. The Bertz CT molecular complexity index is 436. The molecule has 4 N–H and O–H groups in total. The van der Waals surface area contributed by atoms with Gasteiger partial charge in [-0.3, -0.25) is 9.59 Å². The number of carboxylic acid groups (broad SMARTS) is 1. The van der Waals surface area contributed by atoms with Crippen LogP contribution in [0.5, 0.6) is 0 Å². The van der Waals surface area contributed by atoms with Crippen molar-refractivity contribution >= 4 is 5.97 Å². The third-order valence-electron chi connectivity index (χ3n) is 2.01. The molecule has 0 aromatic carbocycles. The molecule has 1 atom stereocenters. The number of nitrogens with zero attached hydrogens (tertiary/aromatic N) is 1. The van der Waals surface area contributed by atoms with Gasteiger partial charge in [0.25, 0.3) is 5.56 Å². The molecule has 1 aromatic rings. The van der Waals surface area contributed by atoms with Gasteiger partial charge in [-0.1, -0.05) is 6.07 Å². The Labute approximate surface area is 85.5 Å². The maximum absolute atomic E-state index is 10.8. The van der Waals surface area contributed by atoms with Gasteiger partial charge in [-0.25, -0.2) is 0 Å². The second-order valence-corrected chi connectivity index (χ2v) is 3.62. The van der Waals surface area contributed by atoms with E-state index in [4.69, 9.17) is 16.0 Å². The molecule has 1 aromatic heterocycles. The molecule has 0 aliphatic rings. The Balaban J connectivity index is 2.95. The van der Waals surface area contributed by atoms with Crippen LogP contribution in [-0.4, -0.2) is 26.6 Å². The molecule has 6 nitrogen and oxygen atoms in total. The number of carbonyl (C=O) groups is 1. The van der Waals surface area contributed by atoms with E-state index in [9.17, 15) is 9.59 Å². The molecule has 82 valence electrons. The van der Waals surface area contributed by atoms with E-state index < -0.39 is 17.1 Å². The minimum Gasteiger partial charge on any atom is -0.480 e. The van der Waals surface area contributed by atoms with Gasteiger partial charge in [-0.15, -0.1) is 0 Å². The number of hydrogen-bond donors (Lipinski definition) is 3. The minimum atomic E-state index is -1.42. The zero-order valence-corrected chi connectivity index (χ0v) is 8.17. The van der Waals surface area contributed by atoms with E-state index in [-0.39, 0.29) is 6.42 Å². The smallest absolute Gasteiger partial charge is 0.323 e. The zero-order valence-electron chi connectivity index (χ0n) is 8.17. The van der Waals surface area contributed by atoms with Gasteiger partial charge in [-0.2, -0.15) is 4.73 Å². The summed E-state index contributed by atoms with van der Waals surface area (Å²) in [5, 5.41) is 17.8. The van der Waals surface area contributed by atoms with Gasteiger partial charge in [0.1, 0.15) is 5.54 Å². The maximum Gasteiger partial charge on any atom is 0.323 e. The lowest BCUT2D eigenvalue weighted by molar-refractivity contribution is -0.142. The standard InChI is InChI=1S/C9H12N2O4/c1-9(10,8(13)14)4-6-2-3-7(12)11(15)5-6/h2-3,5,15H,4,10H2,1H3,(H,13,14). The van der Waals surface area contributed by atoms with Crippen molar-refractivity contribution in [1.82, 2.24) is 4.73 Å². The van der Waals surface area contributed by atoms with Gasteiger partial charge in [0, 0.05) is 12.5 Å². The molecule has 1 unspecified atom stereocenters. The fraction of sp³-hybridized carbons (Fsp3) is 0.333. The van der Waals surface area contributed by atoms with Gasteiger partial charge in [0.2, 0.25) is 0 Å². The molecule has 15 heavy (non-hydrogen) atoms. The number of aromatic nitrogens is 1. The lowest BCUT2D eigenvalue weighted by Crippen LogP contribution is -2.46. The summed E-state index contributed by atoms with van der Waals surface area (Å²) in [4.78, 5) is 21.6. The molecule has 0 spiro atoms. The summed E-state index contributed by atoms with van der Waals surface area (Å²) in [5.41, 5.74) is 3.99. The highest BCUT2D eigenvalue weighted by molar-refractivity contribution is 5.78. The second-order valence-electron chi connectivity index (χ2n) is 3.62. The fourth-order valence-corrected chi connectivity index (χ4v) is 1.12. The number of nitrogens with two attached hydrogens (primary N) is 1. The van der Waals surface area contributed by atoms with Crippen molar-refractivity contribution in [3.8, 4) is 0 Å². The summed E-state index contributed by atoms with van der Waals surface area (Å²) in [5.74, 6) is -1.14. The Morgan fingerprint density at radius 3 is 2.67 bits per heavy atom. The van der Waals surface area contributed by atoms with E-state index >= 15 is 0 Å². The third-order valence-corrected chi connectivity index (χ3v) is 2.01. The van der Waals surface area contributed by atoms with E-state index in [1.807, 2.05) is 0 Å². The quantitative estimate of drug-likeness (QED) is 0.582. The molecule has 0 aliphatic heterocycles. The number of rotatable bonds is 3. The van der Waals surface area contributed by atoms with Gasteiger partial charge in [-0.05, 0) is 12.5 Å². The van der Waals surface area contributed by atoms with Gasteiger partial charge in [0.05, 0.1) is 6.20 Å². The molecule has 6 heteroatoms. The molecule has 0 fully saturated rings. The topological polar surface area (TPSA) is 106 Å². The van der Waals surface area contributed by atoms with Crippen molar-refractivity contribution in [3.05, 3.63) is 34.2 Å². The number of pyridine rings is 1. The normalized spacial score (nSPS) is 14.5. The average molecular weight is 212 g/mol. The summed E-state index contributed by atoms with van der Waals surface area (Å²) in [6, 6.07) is 2.58. The fourth-order valence-electron chi connectivity index (χ4n) is 1.12. The molecule has 0 bridgehead atoms. The largest absolute Gasteiger partial charge is 0.480 e. The van der Waals surface area contributed by atoms with Crippen LogP contribution in [0.15, 0.2) is 23.1 Å². The molecule has 0 aliphatic carbocycles. The molecular formula is C9H12N2O4. The van der Waals surface area contributed by atoms with Crippen molar-refractivity contribution in [2.75, 3.05) is 0 Å². The SMILES string of the molecule is CC(N)(Cc1ccc(=O)n(O)c1)C(=O)O. The Morgan fingerprint density at radius 1 is 1.60 bits per heavy atom. The molecule has 0 saturated heterocycles. The van der Waals surface area contributed by atoms with E-state index in [0.29, 0.717) is 10.3 Å². The highest BCUT2D eigenvalue weighted by atomic mass is 16.5. The lowest BCUT2D eigenvalue weighted by Gasteiger charge is -2.18. The lowest BCUT2D eigenvalue weighted by atomic mass is 9.95. The summed E-state index contributed by atoms with van der Waals surface area (Å²) >= 11 is 0. The van der Waals surface area contributed by atoms with E-state index in [0.717, 1.165) is 12.3 Å². The predicted octanol–water partition coefficient (Wildman–Crippen LogP) is -0.570. The first kappa shape index (κ1) is 11.3. The van der Waals surface area contributed by atoms with Crippen molar-refractivity contribution in [3.63, 3.8) is 0 Å². The number of hydrogen-bond acceptors (Lipinski definition) is 4. The monoisotopic (exact) mass is 212 g/mol. The van der Waals surface area contributed by atoms with Crippen LogP contribution in [-0.2, 0) is 11.2 Å². The second kappa shape index (κ2) is 3.74. The Hall–Kier alpha value is -1.82. The van der Waals surface area contributed by atoms with E-state index in [2.05, 4.69) is 0 Å². The van der Waals surface area contributed by atoms with Gasteiger partial charge in [0.15, 0.2) is 0 Å². The van der Waals surface area contributed by atoms with Crippen LogP contribution in [0.3, 0.4) is 0 Å². The van der Waals surface area contributed by atoms with Crippen LogP contribution in [0.25, 0.3) is 0 Å². The zero-order chi connectivity index (χ0) is 11.6. The predicted molar refractivity (Wildman–Crippen MR) is 51.8 cm³/mol. The molecule has 1 heterocycles. The first-order valence-corrected chi connectivity index (χ1v) is 4.26. The first-order chi connectivity index (χ1) is 6.83. The van der Waals surface area contributed by atoms with Gasteiger partial charge < -0.3 is 16.0 Å². The molecule has 0 radical (unpaired) electrons. The van der Waals surface area contributed by atoms with Crippen LogP contribution < -0.4 is 11.3 Å². The summed E-state index contributed by atoms with van der Waals surface area (Å²) in [6.07, 6.45) is 1.18. The van der Waals surface area contributed by atoms with Crippen molar-refractivity contribution < 1.29 is 15.1 Å². The van der Waals surface area contributed by atoms with E-state index in [1.54, 1.807) is 0 Å². The highest BCUT2D eigenvalue weighted by Gasteiger charge is 2.28. The minimum absolute atomic E-state index is 0.0309. The number of carboxylic acids is 1. The average Bonchev–Trinajstić information content (AvgIpc) is 2.10. The Kier molecular flexibility index (Phi) is 2.81. The van der Waals surface area contributed by atoms with E-state index in [1.165, 1.54) is 13.0 Å². The third kappa shape index (κ3) is 2.57. The molecule has 1 rings (SSSR count). The van der Waals surface area contributed by atoms with Crippen LogP contribution in [0.4, 0.5) is 0 Å². The van der Waals surface area contributed by atoms with Crippen molar-refractivity contribution in [2.24, 2.45) is 5.73 Å². The summed E-state index contributed by atoms with van der Waals surface area (Å²) < 4.78 is 0.396. The van der Waals surface area contributed by atoms with Crippen LogP contribution in [0.2, 0.25) is 0 Å². The molecule has 0 saturated carbocycles. The summed E-state index contributed by atoms with van der Waals surface area (Å²) in [7, 11) is 0. The maximum atomic E-state index is 10.8. The Morgan fingerprint density at radius 2 is 2.20 bits per heavy atom. The first-order valence-electron chi connectivity index (χ1n) is 4.26. The van der Waals surface area contributed by atoms with Crippen molar-refractivity contribution in [2.45, 2.75) is 18.9 Å². The van der Waals surface area contributed by atoms with Crippen LogP contribution in [0.1, 0.15) is 12.5 Å². The van der Waals surface area contributed by atoms with Crippen molar-refractivity contribution in [1.29, 1.82) is 0 Å².